The summed E-state index contributed by atoms with van der Waals surface area (Å²) < 4.78 is 6.82. The van der Waals surface area contributed by atoms with Crippen LogP contribution in [0.1, 0.15) is 32.3 Å². The maximum absolute atomic E-state index is 5.72. The highest BCUT2D eigenvalue weighted by Gasteiger charge is 2.21. The van der Waals surface area contributed by atoms with Crippen molar-refractivity contribution in [3.63, 3.8) is 0 Å². The van der Waals surface area contributed by atoms with Crippen molar-refractivity contribution in [1.82, 2.24) is 10.2 Å². The third-order valence-corrected chi connectivity index (χ3v) is 4.27. The lowest BCUT2D eigenvalue weighted by atomic mass is 10.1. The first-order chi connectivity index (χ1) is 10.7. The van der Waals surface area contributed by atoms with Crippen LogP contribution < -0.4 is 5.32 Å². The fourth-order valence-electron chi connectivity index (χ4n) is 2.70. The van der Waals surface area contributed by atoms with Gasteiger partial charge in [-0.3, -0.25) is 0 Å². The van der Waals surface area contributed by atoms with Crippen LogP contribution in [0.4, 0.5) is 0 Å². The van der Waals surface area contributed by atoms with Gasteiger partial charge in [0.25, 0.3) is 0 Å². The zero-order valence-corrected chi connectivity index (χ0v) is 17.8. The molecule has 0 spiro atoms. The zero-order chi connectivity index (χ0) is 15.8. The first kappa shape index (κ1) is 20.7. The highest BCUT2D eigenvalue weighted by molar-refractivity contribution is 14.0. The van der Waals surface area contributed by atoms with Gasteiger partial charge >= 0.3 is 0 Å². The maximum Gasteiger partial charge on any atom is 0.194 e. The van der Waals surface area contributed by atoms with Crippen LogP contribution in [0.15, 0.2) is 33.7 Å². The van der Waals surface area contributed by atoms with E-state index in [1.54, 1.807) is 0 Å². The summed E-state index contributed by atoms with van der Waals surface area (Å²) in [5.74, 6) is 1.01. The molecule has 130 valence electrons. The number of hydrogen-bond donors (Lipinski definition) is 1. The van der Waals surface area contributed by atoms with Gasteiger partial charge in [0.15, 0.2) is 5.96 Å². The van der Waals surface area contributed by atoms with E-state index in [4.69, 9.17) is 9.73 Å². The Balaban J connectivity index is 0.00000264. The van der Waals surface area contributed by atoms with Gasteiger partial charge in [-0.25, -0.2) is 4.99 Å². The molecule has 1 aliphatic heterocycles. The van der Waals surface area contributed by atoms with E-state index >= 15 is 0 Å². The quantitative estimate of drug-likeness (QED) is 0.380. The fraction of sp³-hybridized carbons (Fsp3) is 0.588. The minimum Gasteiger partial charge on any atom is -0.378 e. The molecule has 0 unspecified atom stereocenters. The molecule has 0 aromatic heterocycles. The minimum absolute atomic E-state index is 0. The first-order valence-electron chi connectivity index (χ1n) is 8.12. The molecule has 6 heteroatoms. The maximum atomic E-state index is 5.72. The number of ether oxygens (including phenoxy) is 1. The summed E-state index contributed by atoms with van der Waals surface area (Å²) in [6.07, 6.45) is 2.57. The van der Waals surface area contributed by atoms with Gasteiger partial charge in [-0.05, 0) is 44.4 Å². The lowest BCUT2D eigenvalue weighted by Crippen LogP contribution is -2.47. The highest BCUT2D eigenvalue weighted by atomic mass is 127. The summed E-state index contributed by atoms with van der Waals surface area (Å²) in [7, 11) is 0. The normalized spacial score (nSPS) is 16.1. The predicted octanol–water partition coefficient (Wildman–Crippen LogP) is 4.03. The molecule has 0 amide bonds. The van der Waals surface area contributed by atoms with E-state index in [0.717, 1.165) is 49.5 Å². The Kier molecular flexibility index (Phi) is 10.1. The molecule has 23 heavy (non-hydrogen) atoms. The second-order valence-electron chi connectivity index (χ2n) is 5.44. The standard InChI is InChI=1S/C17H26BrN3O.HI/c1-3-19-17(20-13-14-6-5-7-15(18)12-14)21-10-8-16(9-11-21)22-4-2;/h5-7,12,16H,3-4,8-11,13H2,1-2H3,(H,19,20);1H. The molecule has 0 saturated carbocycles. The van der Waals surface area contributed by atoms with Gasteiger partial charge in [-0.15, -0.1) is 24.0 Å². The Morgan fingerprint density at radius 2 is 2.09 bits per heavy atom. The van der Waals surface area contributed by atoms with Gasteiger partial charge in [-0.2, -0.15) is 0 Å². The topological polar surface area (TPSA) is 36.9 Å². The number of benzene rings is 1. The number of likely N-dealkylation sites (tertiary alicyclic amines) is 1. The van der Waals surface area contributed by atoms with Crippen molar-refractivity contribution >= 4 is 45.9 Å². The number of guanidine groups is 1. The molecular formula is C17H27BrIN3O. The van der Waals surface area contributed by atoms with Crippen LogP contribution in [0.3, 0.4) is 0 Å². The number of nitrogens with zero attached hydrogens (tertiary/aromatic N) is 2. The minimum atomic E-state index is 0. The van der Waals surface area contributed by atoms with Crippen LogP contribution in [0, 0.1) is 0 Å². The van der Waals surface area contributed by atoms with Crippen molar-refractivity contribution in [3.05, 3.63) is 34.3 Å². The lowest BCUT2D eigenvalue weighted by Gasteiger charge is -2.34. The largest absolute Gasteiger partial charge is 0.378 e. The van der Waals surface area contributed by atoms with Crippen LogP contribution in [0.2, 0.25) is 0 Å². The van der Waals surface area contributed by atoms with E-state index in [-0.39, 0.29) is 24.0 Å². The number of nitrogens with one attached hydrogen (secondary N) is 1. The molecular weight excluding hydrogens is 469 g/mol. The van der Waals surface area contributed by atoms with E-state index < -0.39 is 0 Å². The van der Waals surface area contributed by atoms with E-state index in [0.29, 0.717) is 12.6 Å². The lowest BCUT2D eigenvalue weighted by molar-refractivity contribution is 0.0263. The van der Waals surface area contributed by atoms with Crippen molar-refractivity contribution in [3.8, 4) is 0 Å². The van der Waals surface area contributed by atoms with Crippen molar-refractivity contribution in [2.45, 2.75) is 39.3 Å². The Labute approximate surface area is 165 Å². The molecule has 1 aromatic rings. The predicted molar refractivity (Wildman–Crippen MR) is 111 cm³/mol. The van der Waals surface area contributed by atoms with E-state index in [9.17, 15) is 0 Å². The molecule has 1 aliphatic rings. The SMILES string of the molecule is CCNC(=NCc1cccc(Br)c1)N1CCC(OCC)CC1.I. The van der Waals surface area contributed by atoms with E-state index in [1.165, 1.54) is 5.56 Å². The summed E-state index contributed by atoms with van der Waals surface area (Å²) in [4.78, 5) is 7.13. The zero-order valence-electron chi connectivity index (χ0n) is 13.9. The fourth-order valence-corrected chi connectivity index (χ4v) is 3.14. The molecule has 2 rings (SSSR count). The molecule has 1 fully saturated rings. The molecule has 1 heterocycles. The van der Waals surface area contributed by atoms with Gasteiger partial charge in [0, 0.05) is 30.7 Å². The van der Waals surface area contributed by atoms with Gasteiger partial charge in [0.2, 0.25) is 0 Å². The van der Waals surface area contributed by atoms with Gasteiger partial charge in [0.05, 0.1) is 12.6 Å². The average Bonchev–Trinajstić information content (AvgIpc) is 2.53. The second-order valence-corrected chi connectivity index (χ2v) is 6.36. The Hall–Kier alpha value is -0.340. The number of halogens is 2. The summed E-state index contributed by atoms with van der Waals surface area (Å²) >= 11 is 3.51. The van der Waals surface area contributed by atoms with Gasteiger partial charge in [0.1, 0.15) is 0 Å². The Morgan fingerprint density at radius 3 is 2.70 bits per heavy atom. The van der Waals surface area contributed by atoms with Crippen LogP contribution in [-0.2, 0) is 11.3 Å². The highest BCUT2D eigenvalue weighted by Crippen LogP contribution is 2.15. The van der Waals surface area contributed by atoms with Crippen LogP contribution in [0.25, 0.3) is 0 Å². The number of rotatable bonds is 5. The Bertz CT molecular complexity index is 490. The average molecular weight is 496 g/mol. The summed E-state index contributed by atoms with van der Waals surface area (Å²) in [5.41, 5.74) is 1.22. The molecule has 0 radical (unpaired) electrons. The number of hydrogen-bond acceptors (Lipinski definition) is 2. The molecule has 4 nitrogen and oxygen atoms in total. The molecule has 1 aromatic carbocycles. The van der Waals surface area contributed by atoms with Crippen LogP contribution in [-0.4, -0.2) is 43.2 Å². The van der Waals surface area contributed by atoms with Crippen LogP contribution in [0.5, 0.6) is 0 Å². The van der Waals surface area contributed by atoms with Gasteiger partial charge in [-0.1, -0.05) is 28.1 Å². The van der Waals surface area contributed by atoms with Crippen molar-refractivity contribution in [2.75, 3.05) is 26.2 Å². The van der Waals surface area contributed by atoms with Gasteiger partial charge < -0.3 is 15.0 Å². The number of aliphatic imine (C=N–C) groups is 1. The molecule has 1 saturated heterocycles. The van der Waals surface area contributed by atoms with Crippen molar-refractivity contribution < 1.29 is 4.74 Å². The van der Waals surface area contributed by atoms with Crippen molar-refractivity contribution in [2.24, 2.45) is 4.99 Å². The van der Waals surface area contributed by atoms with Crippen LogP contribution >= 0.6 is 39.9 Å². The first-order valence-corrected chi connectivity index (χ1v) is 8.91. The summed E-state index contributed by atoms with van der Waals surface area (Å²) in [6, 6.07) is 8.32. The monoisotopic (exact) mass is 495 g/mol. The molecule has 1 N–H and O–H groups in total. The third kappa shape index (κ3) is 6.97. The van der Waals surface area contributed by atoms with Crippen molar-refractivity contribution in [1.29, 1.82) is 0 Å². The summed E-state index contributed by atoms with van der Waals surface area (Å²) in [5, 5.41) is 3.41. The van der Waals surface area contributed by atoms with E-state index in [2.05, 4.69) is 58.2 Å². The summed E-state index contributed by atoms with van der Waals surface area (Å²) in [6.45, 7) is 8.60. The molecule has 0 atom stereocenters. The Morgan fingerprint density at radius 1 is 1.35 bits per heavy atom. The molecule has 0 aliphatic carbocycles. The second kappa shape index (κ2) is 11.3. The molecule has 0 bridgehead atoms. The number of piperidine rings is 1. The van der Waals surface area contributed by atoms with E-state index in [1.807, 2.05) is 6.07 Å². The third-order valence-electron chi connectivity index (χ3n) is 3.78. The smallest absolute Gasteiger partial charge is 0.194 e.